The molecule has 0 aromatic carbocycles. The Hall–Kier alpha value is -0.510. The van der Waals surface area contributed by atoms with Crippen LogP contribution in [-0.2, 0) is 0 Å². The lowest BCUT2D eigenvalue weighted by Crippen LogP contribution is -2.25. The number of hydrogen-bond acceptors (Lipinski definition) is 1. The van der Waals surface area contributed by atoms with Gasteiger partial charge in [-0.1, -0.05) is 45.4 Å². The highest BCUT2D eigenvalue weighted by atomic mass is 14.4. The summed E-state index contributed by atoms with van der Waals surface area (Å²) in [5, 5.41) is 8.98. The number of unbranched alkanes of at least 4 members (excludes halogenated alkanes) is 2. The van der Waals surface area contributed by atoms with E-state index in [1.54, 1.807) is 0 Å². The molecule has 0 radical (unpaired) electrons. The standard InChI is InChI=1S/C18H31N/c1-2-3-4-5-15-6-10-17(11-7-15)18-12-8-16(14-19)9-13-18/h15-18H,2-13H2,1H3/t15?,16-,17?,18-. The molecule has 2 aliphatic rings. The summed E-state index contributed by atoms with van der Waals surface area (Å²) in [7, 11) is 0. The molecule has 2 fully saturated rings. The van der Waals surface area contributed by atoms with Gasteiger partial charge in [-0.25, -0.2) is 0 Å². The number of nitrogens with zero attached hydrogens (tertiary/aromatic N) is 1. The Labute approximate surface area is 119 Å². The van der Waals surface area contributed by atoms with Gasteiger partial charge >= 0.3 is 0 Å². The first kappa shape index (κ1) is 14.9. The third-order valence-electron chi connectivity index (χ3n) is 5.73. The molecule has 0 N–H and O–H groups in total. The van der Waals surface area contributed by atoms with Crippen LogP contribution in [0, 0.1) is 35.0 Å². The van der Waals surface area contributed by atoms with Gasteiger partial charge in [0.1, 0.15) is 0 Å². The maximum Gasteiger partial charge on any atom is 0.0655 e. The lowest BCUT2D eigenvalue weighted by molar-refractivity contribution is 0.152. The molecule has 0 aliphatic heterocycles. The van der Waals surface area contributed by atoms with Crippen LogP contribution < -0.4 is 0 Å². The van der Waals surface area contributed by atoms with Gasteiger partial charge in [0.2, 0.25) is 0 Å². The van der Waals surface area contributed by atoms with E-state index in [0.717, 1.165) is 17.8 Å². The van der Waals surface area contributed by atoms with Gasteiger partial charge in [-0.15, -0.1) is 0 Å². The van der Waals surface area contributed by atoms with E-state index in [0.29, 0.717) is 5.92 Å². The van der Waals surface area contributed by atoms with Crippen molar-refractivity contribution in [1.29, 1.82) is 5.26 Å². The van der Waals surface area contributed by atoms with Gasteiger partial charge in [0.25, 0.3) is 0 Å². The summed E-state index contributed by atoms with van der Waals surface area (Å²) in [5.74, 6) is 3.38. The summed E-state index contributed by atoms with van der Waals surface area (Å²) in [6.07, 6.45) is 16.7. The smallest absolute Gasteiger partial charge is 0.0655 e. The molecular weight excluding hydrogens is 230 g/mol. The van der Waals surface area contributed by atoms with Crippen LogP contribution in [0.25, 0.3) is 0 Å². The largest absolute Gasteiger partial charge is 0.198 e. The minimum absolute atomic E-state index is 0.377. The summed E-state index contributed by atoms with van der Waals surface area (Å²) < 4.78 is 0. The number of hydrogen-bond donors (Lipinski definition) is 0. The first-order chi connectivity index (χ1) is 9.33. The lowest BCUT2D eigenvalue weighted by Gasteiger charge is -2.36. The molecule has 0 unspecified atom stereocenters. The van der Waals surface area contributed by atoms with Crippen molar-refractivity contribution in [2.24, 2.45) is 23.7 Å². The number of rotatable bonds is 5. The molecule has 2 saturated carbocycles. The van der Waals surface area contributed by atoms with Crippen molar-refractivity contribution >= 4 is 0 Å². The molecule has 0 atom stereocenters. The molecule has 0 aromatic rings. The normalized spacial score (nSPS) is 35.8. The predicted molar refractivity (Wildman–Crippen MR) is 80.7 cm³/mol. The van der Waals surface area contributed by atoms with Gasteiger partial charge in [0.15, 0.2) is 0 Å². The Morgan fingerprint density at radius 3 is 1.95 bits per heavy atom. The highest BCUT2D eigenvalue weighted by Crippen LogP contribution is 2.42. The zero-order valence-electron chi connectivity index (χ0n) is 12.7. The second-order valence-corrected chi connectivity index (χ2v) is 7.02. The monoisotopic (exact) mass is 261 g/mol. The molecule has 19 heavy (non-hydrogen) atoms. The van der Waals surface area contributed by atoms with E-state index in [1.165, 1.54) is 77.0 Å². The van der Waals surface area contributed by atoms with Gasteiger partial charge in [0.05, 0.1) is 6.07 Å². The average Bonchev–Trinajstić information content (AvgIpc) is 2.48. The third-order valence-corrected chi connectivity index (χ3v) is 5.73. The molecule has 2 aliphatic carbocycles. The van der Waals surface area contributed by atoms with E-state index in [1.807, 2.05) is 0 Å². The summed E-state index contributed by atoms with van der Waals surface area (Å²) in [6.45, 7) is 2.30. The van der Waals surface area contributed by atoms with Gasteiger partial charge in [-0.2, -0.15) is 5.26 Å². The summed E-state index contributed by atoms with van der Waals surface area (Å²) in [5.41, 5.74) is 0. The van der Waals surface area contributed by atoms with Crippen molar-refractivity contribution in [3.8, 4) is 6.07 Å². The highest BCUT2D eigenvalue weighted by Gasteiger charge is 2.30. The van der Waals surface area contributed by atoms with Crippen LogP contribution in [0.2, 0.25) is 0 Å². The van der Waals surface area contributed by atoms with Crippen LogP contribution in [0.1, 0.15) is 84.0 Å². The SMILES string of the molecule is CCCCCC1CCC([C@H]2CC[C@H](C#N)CC2)CC1. The van der Waals surface area contributed by atoms with Crippen molar-refractivity contribution in [3.63, 3.8) is 0 Å². The van der Waals surface area contributed by atoms with Crippen LogP contribution in [0.4, 0.5) is 0 Å². The lowest BCUT2D eigenvalue weighted by atomic mass is 9.69. The van der Waals surface area contributed by atoms with E-state index >= 15 is 0 Å². The van der Waals surface area contributed by atoms with Crippen LogP contribution >= 0.6 is 0 Å². The van der Waals surface area contributed by atoms with Crippen molar-refractivity contribution < 1.29 is 0 Å². The van der Waals surface area contributed by atoms with Gasteiger partial charge in [-0.3, -0.25) is 0 Å². The molecular formula is C18H31N. The fourth-order valence-electron chi connectivity index (χ4n) is 4.35. The van der Waals surface area contributed by atoms with Crippen molar-refractivity contribution in [1.82, 2.24) is 0 Å². The number of nitriles is 1. The first-order valence-corrected chi connectivity index (χ1v) is 8.73. The fourth-order valence-corrected chi connectivity index (χ4v) is 4.35. The Bertz CT molecular complexity index is 275. The van der Waals surface area contributed by atoms with E-state index in [2.05, 4.69) is 13.0 Å². The van der Waals surface area contributed by atoms with Gasteiger partial charge in [-0.05, 0) is 56.3 Å². The van der Waals surface area contributed by atoms with Crippen LogP contribution in [0.3, 0.4) is 0 Å². The first-order valence-electron chi connectivity index (χ1n) is 8.73. The van der Waals surface area contributed by atoms with Crippen LogP contribution in [0.5, 0.6) is 0 Å². The summed E-state index contributed by atoms with van der Waals surface area (Å²) >= 11 is 0. The quantitative estimate of drug-likeness (QED) is 0.582. The molecule has 0 spiro atoms. The maximum atomic E-state index is 8.98. The zero-order valence-corrected chi connectivity index (χ0v) is 12.7. The van der Waals surface area contributed by atoms with Crippen molar-refractivity contribution in [2.45, 2.75) is 84.0 Å². The van der Waals surface area contributed by atoms with E-state index in [4.69, 9.17) is 5.26 Å². The highest BCUT2D eigenvalue weighted by molar-refractivity contribution is 4.89. The van der Waals surface area contributed by atoms with Crippen LogP contribution in [0.15, 0.2) is 0 Å². The second-order valence-electron chi connectivity index (χ2n) is 7.02. The van der Waals surface area contributed by atoms with E-state index < -0.39 is 0 Å². The molecule has 0 aromatic heterocycles. The fraction of sp³-hybridized carbons (Fsp3) is 0.944. The minimum atomic E-state index is 0.377. The minimum Gasteiger partial charge on any atom is -0.198 e. The molecule has 1 heteroatoms. The molecule has 0 saturated heterocycles. The molecule has 2 rings (SSSR count). The average molecular weight is 261 g/mol. The molecule has 1 nitrogen and oxygen atoms in total. The second kappa shape index (κ2) is 7.93. The van der Waals surface area contributed by atoms with Crippen molar-refractivity contribution in [3.05, 3.63) is 0 Å². The molecule has 108 valence electrons. The summed E-state index contributed by atoms with van der Waals surface area (Å²) in [4.78, 5) is 0. The topological polar surface area (TPSA) is 23.8 Å². The third kappa shape index (κ3) is 4.51. The molecule has 0 amide bonds. The van der Waals surface area contributed by atoms with Crippen molar-refractivity contribution in [2.75, 3.05) is 0 Å². The predicted octanol–water partition coefficient (Wildman–Crippen LogP) is 5.70. The van der Waals surface area contributed by atoms with E-state index in [-0.39, 0.29) is 0 Å². The Morgan fingerprint density at radius 2 is 1.42 bits per heavy atom. The Morgan fingerprint density at radius 1 is 0.842 bits per heavy atom. The summed E-state index contributed by atoms with van der Waals surface area (Å²) in [6, 6.07) is 2.46. The Kier molecular flexibility index (Phi) is 6.21. The zero-order chi connectivity index (χ0) is 13.5. The van der Waals surface area contributed by atoms with Gasteiger partial charge < -0.3 is 0 Å². The van der Waals surface area contributed by atoms with E-state index in [9.17, 15) is 0 Å². The van der Waals surface area contributed by atoms with Crippen LogP contribution in [-0.4, -0.2) is 0 Å². The Balaban J connectivity index is 1.65. The molecule has 0 bridgehead atoms. The van der Waals surface area contributed by atoms with Gasteiger partial charge in [0, 0.05) is 5.92 Å². The maximum absolute atomic E-state index is 8.98. The molecule has 0 heterocycles.